The van der Waals surface area contributed by atoms with Crippen molar-refractivity contribution < 1.29 is 0 Å². The normalized spacial score (nSPS) is 13.5. The zero-order valence-electron chi connectivity index (χ0n) is 15.0. The van der Waals surface area contributed by atoms with Crippen LogP contribution in [0.5, 0.6) is 0 Å². The lowest BCUT2D eigenvalue weighted by Crippen LogP contribution is -2.13. The third kappa shape index (κ3) is 2.78. The number of nitrogens with one attached hydrogen (secondary N) is 2. The Morgan fingerprint density at radius 3 is 2.81 bits per heavy atom. The molecule has 134 valence electrons. The maximum Gasteiger partial charge on any atom is 0.142 e. The Hall–Kier alpha value is -2.67. The van der Waals surface area contributed by atoms with Gasteiger partial charge in [-0.3, -0.25) is 0 Å². The zero-order chi connectivity index (χ0) is 18.3. The molecule has 0 fully saturated rings. The number of benzene rings is 1. The second-order valence-electron chi connectivity index (χ2n) is 6.78. The largest absolute Gasteiger partial charge is 0.398 e. The molecule has 0 atom stereocenters. The summed E-state index contributed by atoms with van der Waals surface area (Å²) < 4.78 is 0. The fourth-order valence-electron chi connectivity index (χ4n) is 3.53. The van der Waals surface area contributed by atoms with Gasteiger partial charge in [0.1, 0.15) is 17.0 Å². The van der Waals surface area contributed by atoms with Crippen molar-refractivity contribution in [3.05, 3.63) is 34.5 Å². The summed E-state index contributed by atoms with van der Waals surface area (Å²) in [7, 11) is 3.96. The van der Waals surface area contributed by atoms with E-state index in [1.807, 2.05) is 31.1 Å². The number of hydrogen-bond acceptors (Lipinski definition) is 7. The maximum atomic E-state index is 7.60. The van der Waals surface area contributed by atoms with Gasteiger partial charge in [-0.05, 0) is 43.4 Å². The Labute approximate surface area is 156 Å². The monoisotopic (exact) mass is 366 g/mol. The van der Waals surface area contributed by atoms with Gasteiger partial charge >= 0.3 is 0 Å². The van der Waals surface area contributed by atoms with Crippen LogP contribution in [0.2, 0.25) is 0 Å². The highest BCUT2D eigenvalue weighted by Crippen LogP contribution is 2.40. The molecule has 6 nitrogen and oxygen atoms in total. The second kappa shape index (κ2) is 6.57. The van der Waals surface area contributed by atoms with Crippen LogP contribution in [0.15, 0.2) is 18.5 Å². The van der Waals surface area contributed by atoms with E-state index in [0.29, 0.717) is 11.3 Å². The molecule has 0 saturated heterocycles. The number of fused-ring (bicyclic) bond motifs is 3. The maximum absolute atomic E-state index is 7.60. The van der Waals surface area contributed by atoms with Gasteiger partial charge in [0.2, 0.25) is 0 Å². The molecular weight excluding hydrogens is 344 g/mol. The van der Waals surface area contributed by atoms with Gasteiger partial charge in [-0.25, -0.2) is 9.97 Å². The number of nitrogens with zero attached hydrogens (tertiary/aromatic N) is 3. The topological polar surface area (TPSA) is 90.9 Å². The minimum atomic E-state index is 0.593. The predicted octanol–water partition coefficient (Wildman–Crippen LogP) is 3.96. The first-order chi connectivity index (χ1) is 12.6. The average Bonchev–Trinajstić information content (AvgIpc) is 3.02. The molecule has 1 aliphatic carbocycles. The number of aromatic nitrogens is 2. The van der Waals surface area contributed by atoms with Gasteiger partial charge in [-0.15, -0.1) is 11.3 Å². The van der Waals surface area contributed by atoms with Crippen LogP contribution in [0.3, 0.4) is 0 Å². The number of hydrogen-bond donors (Lipinski definition) is 3. The Kier molecular flexibility index (Phi) is 4.24. The third-order valence-corrected chi connectivity index (χ3v) is 6.04. The van der Waals surface area contributed by atoms with E-state index in [1.54, 1.807) is 17.7 Å². The van der Waals surface area contributed by atoms with Gasteiger partial charge in [0, 0.05) is 36.4 Å². The molecule has 0 radical (unpaired) electrons. The Morgan fingerprint density at radius 1 is 1.23 bits per heavy atom. The van der Waals surface area contributed by atoms with Crippen molar-refractivity contribution in [3.8, 4) is 0 Å². The highest BCUT2D eigenvalue weighted by Gasteiger charge is 2.20. The predicted molar refractivity (Wildman–Crippen MR) is 110 cm³/mol. The van der Waals surface area contributed by atoms with Crippen LogP contribution in [-0.2, 0) is 12.8 Å². The van der Waals surface area contributed by atoms with E-state index < -0.39 is 0 Å². The molecule has 0 unspecified atom stereocenters. The summed E-state index contributed by atoms with van der Waals surface area (Å²) in [5.41, 5.74) is 10.6. The summed E-state index contributed by atoms with van der Waals surface area (Å²) in [4.78, 5) is 13.5. The van der Waals surface area contributed by atoms with Gasteiger partial charge in [0.05, 0.1) is 16.8 Å². The molecular formula is C19H22N6S. The summed E-state index contributed by atoms with van der Waals surface area (Å²) >= 11 is 1.79. The fraction of sp³-hybridized carbons (Fsp3) is 0.316. The highest BCUT2D eigenvalue weighted by molar-refractivity contribution is 7.19. The van der Waals surface area contributed by atoms with E-state index in [9.17, 15) is 0 Å². The van der Waals surface area contributed by atoms with Crippen LogP contribution in [-0.4, -0.2) is 30.3 Å². The Bertz CT molecular complexity index is 991. The fourth-order valence-corrected chi connectivity index (χ4v) is 4.76. The van der Waals surface area contributed by atoms with E-state index in [2.05, 4.69) is 15.3 Å². The lowest BCUT2D eigenvalue weighted by molar-refractivity contribution is 0.700. The average molecular weight is 366 g/mol. The molecule has 0 amide bonds. The third-order valence-electron chi connectivity index (χ3n) is 4.84. The summed E-state index contributed by atoms with van der Waals surface area (Å²) in [5, 5.41) is 12.2. The zero-order valence-corrected chi connectivity index (χ0v) is 15.8. The molecule has 2 aromatic heterocycles. The molecule has 0 aliphatic heterocycles. The van der Waals surface area contributed by atoms with Crippen molar-refractivity contribution in [1.29, 1.82) is 5.41 Å². The number of nitrogen functional groups attached to an aromatic ring is 1. The summed E-state index contributed by atoms with van der Waals surface area (Å²) in [6, 6.07) is 3.80. The number of thiophene rings is 1. The van der Waals surface area contributed by atoms with E-state index in [1.165, 1.54) is 29.5 Å². The molecule has 7 heteroatoms. The van der Waals surface area contributed by atoms with Gasteiger partial charge < -0.3 is 21.4 Å². The number of rotatable bonds is 4. The van der Waals surface area contributed by atoms with Crippen LogP contribution in [0.4, 0.5) is 22.9 Å². The van der Waals surface area contributed by atoms with Crippen LogP contribution in [0, 0.1) is 5.41 Å². The molecule has 4 N–H and O–H groups in total. The molecule has 3 aromatic rings. The summed E-state index contributed by atoms with van der Waals surface area (Å²) in [6.07, 6.45) is 7.60. The molecule has 1 aromatic carbocycles. The minimum absolute atomic E-state index is 0.593. The van der Waals surface area contributed by atoms with Crippen molar-refractivity contribution in [2.45, 2.75) is 25.7 Å². The first-order valence-corrected chi connectivity index (χ1v) is 9.53. The van der Waals surface area contributed by atoms with Gasteiger partial charge in [-0.1, -0.05) is 0 Å². The first kappa shape index (κ1) is 16.8. The highest BCUT2D eigenvalue weighted by atomic mass is 32.1. The van der Waals surface area contributed by atoms with E-state index in [0.717, 1.165) is 40.3 Å². The van der Waals surface area contributed by atoms with E-state index in [4.69, 9.17) is 11.1 Å². The van der Waals surface area contributed by atoms with Crippen molar-refractivity contribution in [3.63, 3.8) is 0 Å². The first-order valence-electron chi connectivity index (χ1n) is 8.72. The van der Waals surface area contributed by atoms with Crippen molar-refractivity contribution in [2.24, 2.45) is 0 Å². The Morgan fingerprint density at radius 2 is 2.04 bits per heavy atom. The van der Waals surface area contributed by atoms with Crippen LogP contribution < -0.4 is 16.0 Å². The van der Waals surface area contributed by atoms with E-state index in [-0.39, 0.29) is 0 Å². The van der Waals surface area contributed by atoms with Crippen LogP contribution in [0.25, 0.3) is 10.2 Å². The molecule has 26 heavy (non-hydrogen) atoms. The molecule has 0 bridgehead atoms. The quantitative estimate of drug-likeness (QED) is 0.480. The number of aryl methyl sites for hydroxylation is 2. The smallest absolute Gasteiger partial charge is 0.142 e. The minimum Gasteiger partial charge on any atom is -0.398 e. The van der Waals surface area contributed by atoms with Crippen LogP contribution in [0.1, 0.15) is 28.8 Å². The standard InChI is InChI=1S/C19H22N6S/c1-25(2)15-8-13(21)11(9-20)7-14(15)24-18-17-12-5-3-4-6-16(12)26-19(17)23-10-22-18/h7-10,20H,3-6,21H2,1-2H3,(H,22,23,24). The Balaban J connectivity index is 1.85. The summed E-state index contributed by atoms with van der Waals surface area (Å²) in [6.45, 7) is 0. The van der Waals surface area contributed by atoms with Crippen molar-refractivity contribution >= 4 is 50.6 Å². The lowest BCUT2D eigenvalue weighted by atomic mass is 9.97. The SMILES string of the molecule is CN(C)c1cc(N)c(C=N)cc1Nc1ncnc2sc3c(c12)CCCC3. The second-order valence-corrected chi connectivity index (χ2v) is 7.86. The summed E-state index contributed by atoms with van der Waals surface area (Å²) in [5.74, 6) is 0.832. The molecule has 1 aliphatic rings. The van der Waals surface area contributed by atoms with E-state index >= 15 is 0 Å². The lowest BCUT2D eigenvalue weighted by Gasteiger charge is -2.20. The van der Waals surface area contributed by atoms with Crippen molar-refractivity contribution in [2.75, 3.05) is 30.0 Å². The van der Waals surface area contributed by atoms with Gasteiger partial charge in [0.25, 0.3) is 0 Å². The van der Waals surface area contributed by atoms with Crippen LogP contribution >= 0.6 is 11.3 Å². The molecule has 0 spiro atoms. The molecule has 4 rings (SSSR count). The van der Waals surface area contributed by atoms with Gasteiger partial charge in [-0.2, -0.15) is 0 Å². The molecule has 0 saturated carbocycles. The number of anilines is 4. The number of nitrogens with two attached hydrogens (primary N) is 1. The van der Waals surface area contributed by atoms with Crippen molar-refractivity contribution in [1.82, 2.24) is 9.97 Å². The van der Waals surface area contributed by atoms with Gasteiger partial charge in [0.15, 0.2) is 0 Å². The molecule has 2 heterocycles.